The number of nitrogens with one attached hydrogen (secondary N) is 5. The van der Waals surface area contributed by atoms with Crippen molar-refractivity contribution in [3.8, 4) is 11.5 Å². The van der Waals surface area contributed by atoms with Crippen LogP contribution in [0, 0.1) is 5.92 Å². The smallest absolute Gasteiger partial charge is 0.251 e. The minimum absolute atomic E-state index is 0.0218. The number of hydrogen-bond donors (Lipinski definition) is 14. The molecular weight excluding hydrogens is 1020 g/mol. The molecule has 3 saturated heterocycles. The van der Waals surface area contributed by atoms with E-state index >= 15 is 0 Å². The average Bonchev–Trinajstić information content (AvgIpc) is 3.96. The number of aromatic hydroxyl groups is 1. The van der Waals surface area contributed by atoms with Gasteiger partial charge in [0.15, 0.2) is 6.23 Å². The largest absolute Gasteiger partial charge is 0.508 e. The highest BCUT2D eigenvalue weighted by Crippen LogP contribution is 2.28. The first-order chi connectivity index (χ1) is 37.0. The number of unbranched alkanes of at least 4 members (excludes halogenated alkanes) is 7. The molecule has 2 aromatic rings. The Labute approximate surface area is 452 Å². The van der Waals surface area contributed by atoms with E-state index in [9.17, 15) is 79.5 Å². The van der Waals surface area contributed by atoms with Crippen LogP contribution in [0.3, 0.4) is 0 Å². The number of rotatable bonds is 20. The number of aliphatic hydroxyl groups is 8. The fraction of sp³-hybridized carbons (Fsp3) is 0.642. The highest BCUT2D eigenvalue weighted by atomic mass is 16.5. The number of carbonyl (C=O) groups is 7. The Hall–Kier alpha value is -6.03. The second-order valence-electron chi connectivity index (χ2n) is 20.5. The highest BCUT2D eigenvalue weighted by Gasteiger charge is 2.50. The van der Waals surface area contributed by atoms with Crippen molar-refractivity contribution < 1.29 is 89.0 Å². The number of amides is 7. The lowest BCUT2D eigenvalue weighted by atomic mass is 9.96. The average molecular weight is 1100 g/mol. The zero-order valence-electron chi connectivity index (χ0n) is 44.5. The number of carbonyl (C=O) groups excluding carboxylic acids is 7. The molecule has 5 rings (SSSR count). The van der Waals surface area contributed by atoms with Crippen LogP contribution in [0.4, 0.5) is 0 Å². The predicted molar refractivity (Wildman–Crippen MR) is 276 cm³/mol. The van der Waals surface area contributed by atoms with Crippen molar-refractivity contribution >= 4 is 41.4 Å². The Morgan fingerprint density at radius 1 is 0.667 bits per heavy atom. The molecule has 25 heteroatoms. The van der Waals surface area contributed by atoms with Crippen LogP contribution < -0.4 is 31.3 Å². The molecule has 2 aromatic carbocycles. The second-order valence-corrected chi connectivity index (χ2v) is 20.5. The molecule has 0 unspecified atom stereocenters. The summed E-state index contributed by atoms with van der Waals surface area (Å²) in [6.07, 6.45) is -7.39. The third-order valence-electron chi connectivity index (χ3n) is 14.2. The van der Waals surface area contributed by atoms with Crippen molar-refractivity contribution in [2.45, 2.75) is 177 Å². The van der Waals surface area contributed by atoms with Gasteiger partial charge < -0.3 is 91.8 Å². The molecule has 0 bridgehead atoms. The van der Waals surface area contributed by atoms with Gasteiger partial charge in [0.2, 0.25) is 35.4 Å². The minimum atomic E-state index is -2.29. The molecule has 78 heavy (non-hydrogen) atoms. The van der Waals surface area contributed by atoms with E-state index in [4.69, 9.17) is 9.47 Å². The van der Waals surface area contributed by atoms with Crippen LogP contribution in [-0.4, -0.2) is 209 Å². The van der Waals surface area contributed by atoms with Crippen LogP contribution in [-0.2, 0) is 33.5 Å². The molecule has 0 radical (unpaired) electrons. The Morgan fingerprint density at radius 3 is 1.86 bits per heavy atom. The van der Waals surface area contributed by atoms with Crippen molar-refractivity contribution in [2.24, 2.45) is 5.92 Å². The maximum Gasteiger partial charge on any atom is 0.251 e. The number of phenolic OH excluding ortho intramolecular Hbond substituents is 1. The molecule has 14 N–H and O–H groups in total. The standard InChI is InChI=1S/C53H79N7O18/c1-5-6-7-8-9-10-11-12-21-77-22-23-78-35-19-15-32(16-20-35)46(69)54-36-25-38(65)49(72)58-51(74)42-43(66)28(2)26-60(42)53(76)40(30(4)62)56-50(73)41(45(68)44(67)31-13-17-33(63)18-14-31)57-48(71)37-24-34(64)27-59(37)52(75)39(29(3)61)55-47(36)70/h13-20,28-30,34,36-45,49,61-68,72H,5-12,21-27H2,1-4H3,(H,54,69)(H,55,70)(H,56,73)(H,57,71)(H,58,74)/t28-,29+,30+,34+,36-,37-,38+,39-,40-,41-,42-,43-,44-,45-,49-/m0/s1. The lowest BCUT2D eigenvalue weighted by molar-refractivity contribution is -0.148. The van der Waals surface area contributed by atoms with Crippen molar-refractivity contribution in [3.63, 3.8) is 0 Å². The summed E-state index contributed by atoms with van der Waals surface area (Å²) in [6.45, 7) is 6.01. The zero-order chi connectivity index (χ0) is 57.4. The third-order valence-corrected chi connectivity index (χ3v) is 14.2. The van der Waals surface area contributed by atoms with E-state index in [0.717, 1.165) is 55.0 Å². The number of benzene rings is 2. The Bertz CT molecular complexity index is 2310. The maximum absolute atomic E-state index is 14.4. The van der Waals surface area contributed by atoms with Gasteiger partial charge in [-0.1, -0.05) is 70.9 Å². The summed E-state index contributed by atoms with van der Waals surface area (Å²) in [5, 5.41) is 111. The van der Waals surface area contributed by atoms with Gasteiger partial charge in [0.1, 0.15) is 72.7 Å². The van der Waals surface area contributed by atoms with E-state index in [0.29, 0.717) is 19.0 Å². The summed E-state index contributed by atoms with van der Waals surface area (Å²) in [7, 11) is 0. The second kappa shape index (κ2) is 29.8. The van der Waals surface area contributed by atoms with Gasteiger partial charge in [0.25, 0.3) is 5.91 Å². The molecule has 3 fully saturated rings. The van der Waals surface area contributed by atoms with Crippen LogP contribution in [0.15, 0.2) is 48.5 Å². The molecule has 3 aliphatic rings. The van der Waals surface area contributed by atoms with Crippen molar-refractivity contribution in [3.05, 3.63) is 59.7 Å². The van der Waals surface area contributed by atoms with E-state index in [1.807, 2.05) is 0 Å². The summed E-state index contributed by atoms with van der Waals surface area (Å²) < 4.78 is 11.5. The Kier molecular flexibility index (Phi) is 24.0. The highest BCUT2D eigenvalue weighted by molar-refractivity contribution is 6.00. The lowest BCUT2D eigenvalue weighted by Crippen LogP contribution is -2.64. The van der Waals surface area contributed by atoms with Gasteiger partial charge in [0.05, 0.1) is 31.0 Å². The Balaban J connectivity index is 1.42. The van der Waals surface area contributed by atoms with Gasteiger partial charge >= 0.3 is 0 Å². The molecule has 3 aliphatic heterocycles. The molecule has 0 spiro atoms. The summed E-state index contributed by atoms with van der Waals surface area (Å²) >= 11 is 0. The number of fused-ring (bicyclic) bond motifs is 2. The molecule has 0 aromatic heterocycles. The topological polar surface area (TPSA) is 387 Å². The lowest BCUT2D eigenvalue weighted by Gasteiger charge is -2.34. The minimum Gasteiger partial charge on any atom is -0.508 e. The van der Waals surface area contributed by atoms with E-state index < -0.39 is 152 Å². The van der Waals surface area contributed by atoms with Gasteiger partial charge in [-0.3, -0.25) is 33.6 Å². The van der Waals surface area contributed by atoms with Crippen LogP contribution >= 0.6 is 0 Å². The van der Waals surface area contributed by atoms with E-state index in [2.05, 4.69) is 33.5 Å². The predicted octanol–water partition coefficient (Wildman–Crippen LogP) is -2.29. The molecule has 15 atom stereocenters. The molecule has 3 heterocycles. The van der Waals surface area contributed by atoms with Crippen LogP contribution in [0.1, 0.15) is 114 Å². The molecule has 0 saturated carbocycles. The van der Waals surface area contributed by atoms with E-state index in [1.165, 1.54) is 75.4 Å². The molecule has 25 nitrogen and oxygen atoms in total. The third kappa shape index (κ3) is 17.0. The van der Waals surface area contributed by atoms with Gasteiger partial charge in [-0.2, -0.15) is 0 Å². The summed E-state index contributed by atoms with van der Waals surface area (Å²) in [4.78, 5) is 101. The van der Waals surface area contributed by atoms with Crippen molar-refractivity contribution in [2.75, 3.05) is 32.9 Å². The number of aliphatic hydroxyl groups excluding tert-OH is 8. The normalized spacial score (nSPS) is 28.4. The molecule has 7 amide bonds. The number of phenols is 1. The van der Waals surface area contributed by atoms with Crippen molar-refractivity contribution in [1.29, 1.82) is 0 Å². The Morgan fingerprint density at radius 2 is 1.24 bits per heavy atom. The van der Waals surface area contributed by atoms with Crippen LogP contribution in [0.25, 0.3) is 0 Å². The number of ether oxygens (including phenoxy) is 2. The first-order valence-electron chi connectivity index (χ1n) is 26.7. The van der Waals surface area contributed by atoms with Gasteiger partial charge in [-0.05, 0) is 62.2 Å². The van der Waals surface area contributed by atoms with Crippen molar-refractivity contribution in [1.82, 2.24) is 36.4 Å². The fourth-order valence-corrected chi connectivity index (χ4v) is 9.63. The molecule has 0 aliphatic carbocycles. The van der Waals surface area contributed by atoms with Gasteiger partial charge in [-0.15, -0.1) is 0 Å². The van der Waals surface area contributed by atoms with Gasteiger partial charge in [-0.25, -0.2) is 0 Å². The monoisotopic (exact) mass is 1100 g/mol. The number of nitrogens with zero attached hydrogens (tertiary/aromatic N) is 2. The summed E-state index contributed by atoms with van der Waals surface area (Å²) in [5.41, 5.74) is -0.0951. The quantitative estimate of drug-likeness (QED) is 0.0621. The molecule has 434 valence electrons. The zero-order valence-corrected chi connectivity index (χ0v) is 44.5. The first kappa shape index (κ1) is 62.8. The molecular formula is C53H79N7O18. The fourth-order valence-electron chi connectivity index (χ4n) is 9.63. The van der Waals surface area contributed by atoms with Crippen LogP contribution in [0.2, 0.25) is 0 Å². The summed E-state index contributed by atoms with van der Waals surface area (Å²) in [5.74, 6) is -9.08. The summed E-state index contributed by atoms with van der Waals surface area (Å²) in [6, 6.07) is -1.21. The van der Waals surface area contributed by atoms with E-state index in [1.54, 1.807) is 0 Å². The number of hydrogen-bond acceptors (Lipinski definition) is 18. The first-order valence-corrected chi connectivity index (χ1v) is 26.7. The maximum atomic E-state index is 14.4. The van der Waals surface area contributed by atoms with Crippen LogP contribution in [0.5, 0.6) is 11.5 Å². The van der Waals surface area contributed by atoms with E-state index in [-0.39, 0.29) is 30.0 Å². The SMILES string of the molecule is CCCCCCCCCCOCCOc1ccc(C(=O)N[C@H]2C[C@@H](O)[C@H](O)NC(=O)[C@@H]3[C@@H](O)[C@@H](C)CN3C(=O)[C@H]([C@@H](C)O)NC(=O)[C@H]([C@H](O)[C@@H](O)c3ccc(O)cc3)NC(=O)[C@@H]3C[C@@H](O)CN3C(=O)[C@H]([C@@H](C)O)NC2=O)cc1. The van der Waals surface area contributed by atoms with Gasteiger partial charge in [0, 0.05) is 44.0 Å².